The van der Waals surface area contributed by atoms with Gasteiger partial charge in [-0.2, -0.15) is 10.1 Å². The largest absolute Gasteiger partial charge is 0.456 e. The first-order valence-electron chi connectivity index (χ1n) is 9.62. The molecule has 0 fully saturated rings. The van der Waals surface area contributed by atoms with Crippen molar-refractivity contribution < 1.29 is 9.53 Å². The Hall–Kier alpha value is -3.66. The Morgan fingerprint density at radius 2 is 1.76 bits per heavy atom. The summed E-state index contributed by atoms with van der Waals surface area (Å²) in [5.41, 5.74) is 5.14. The van der Waals surface area contributed by atoms with Crippen LogP contribution >= 0.6 is 0 Å². The molecule has 0 spiro atoms. The van der Waals surface area contributed by atoms with Crippen molar-refractivity contribution in [3.05, 3.63) is 88.7 Å². The van der Waals surface area contributed by atoms with Gasteiger partial charge in [-0.15, -0.1) is 0 Å². The minimum absolute atomic E-state index is 0.168. The van der Waals surface area contributed by atoms with Crippen LogP contribution in [-0.4, -0.2) is 11.6 Å². The zero-order valence-corrected chi connectivity index (χ0v) is 16.6. The van der Waals surface area contributed by atoms with Crippen molar-refractivity contribution in [3.8, 4) is 5.75 Å². The van der Waals surface area contributed by atoms with Gasteiger partial charge in [-0.1, -0.05) is 48.0 Å². The second-order valence-corrected chi connectivity index (χ2v) is 7.47. The van der Waals surface area contributed by atoms with E-state index >= 15 is 0 Å². The Kier molecular flexibility index (Phi) is 3.88. The Balaban J connectivity index is 1.56. The number of carbonyl (C=O) groups excluding carboxylic acids is 1. The smallest absolute Gasteiger partial charge is 0.284 e. The van der Waals surface area contributed by atoms with Gasteiger partial charge in [0, 0.05) is 5.56 Å². The summed E-state index contributed by atoms with van der Waals surface area (Å²) >= 11 is 0. The van der Waals surface area contributed by atoms with Gasteiger partial charge in [0.15, 0.2) is 0 Å². The number of benzene rings is 3. The molecule has 4 heteroatoms. The molecule has 0 unspecified atom stereocenters. The molecule has 0 aromatic heterocycles. The number of hydrazone groups is 1. The first-order chi connectivity index (χ1) is 14.0. The molecule has 3 aromatic carbocycles. The number of anilines is 1. The summed E-state index contributed by atoms with van der Waals surface area (Å²) in [6, 6.07) is 18.2. The van der Waals surface area contributed by atoms with E-state index in [1.807, 2.05) is 69.3 Å². The van der Waals surface area contributed by atoms with Gasteiger partial charge in [0.25, 0.3) is 5.91 Å². The molecular formula is C25H20N2O2. The van der Waals surface area contributed by atoms with Crippen LogP contribution < -0.4 is 9.75 Å². The number of hydrogen-bond donors (Lipinski definition) is 0. The number of nitrogens with zero attached hydrogens (tertiary/aromatic N) is 2. The molecule has 29 heavy (non-hydrogen) atoms. The van der Waals surface area contributed by atoms with Crippen LogP contribution in [0.5, 0.6) is 5.75 Å². The highest BCUT2D eigenvalue weighted by molar-refractivity contribution is 6.30. The third-order valence-electron chi connectivity index (χ3n) is 5.40. The third-order valence-corrected chi connectivity index (χ3v) is 5.40. The minimum Gasteiger partial charge on any atom is -0.456 e. The van der Waals surface area contributed by atoms with E-state index in [9.17, 15) is 4.79 Å². The molecule has 3 aromatic rings. The van der Waals surface area contributed by atoms with Gasteiger partial charge in [-0.3, -0.25) is 4.79 Å². The summed E-state index contributed by atoms with van der Waals surface area (Å²) in [6.07, 6.45) is 3.89. The van der Waals surface area contributed by atoms with Crippen molar-refractivity contribution in [1.29, 1.82) is 0 Å². The van der Waals surface area contributed by atoms with E-state index in [2.05, 4.69) is 23.3 Å². The van der Waals surface area contributed by atoms with Crippen molar-refractivity contribution >= 4 is 34.2 Å². The molecule has 142 valence electrons. The molecule has 0 bridgehead atoms. The first-order valence-corrected chi connectivity index (χ1v) is 9.62. The summed E-state index contributed by atoms with van der Waals surface area (Å²) in [7, 11) is 0. The highest BCUT2D eigenvalue weighted by Gasteiger charge is 2.33. The molecular weight excluding hydrogens is 360 g/mol. The van der Waals surface area contributed by atoms with E-state index in [0.717, 1.165) is 38.9 Å². The molecule has 0 saturated carbocycles. The summed E-state index contributed by atoms with van der Waals surface area (Å²) < 4.78 is 6.16. The average Bonchev–Trinajstić information content (AvgIpc) is 3.01. The van der Waals surface area contributed by atoms with E-state index in [1.165, 1.54) is 5.01 Å². The fourth-order valence-corrected chi connectivity index (χ4v) is 3.98. The fraction of sp³-hybridized carbons (Fsp3) is 0.120. The van der Waals surface area contributed by atoms with Gasteiger partial charge in [-0.25, -0.2) is 0 Å². The zero-order valence-electron chi connectivity index (χ0n) is 16.6. The van der Waals surface area contributed by atoms with Crippen molar-refractivity contribution in [1.82, 2.24) is 0 Å². The second kappa shape index (κ2) is 6.45. The highest BCUT2D eigenvalue weighted by Crippen LogP contribution is 2.36. The molecule has 0 radical (unpaired) electrons. The molecule has 2 aliphatic rings. The number of allylic oxidation sites excluding steroid dienone is 1. The van der Waals surface area contributed by atoms with Crippen LogP contribution in [0.1, 0.15) is 23.6 Å². The van der Waals surface area contributed by atoms with Crippen molar-refractivity contribution in [2.24, 2.45) is 5.10 Å². The Bertz CT molecular complexity index is 1280. The van der Waals surface area contributed by atoms with Crippen molar-refractivity contribution in [3.63, 3.8) is 0 Å². The van der Waals surface area contributed by atoms with Crippen LogP contribution in [0, 0.1) is 13.8 Å². The lowest BCUT2D eigenvalue weighted by molar-refractivity contribution is -0.114. The summed E-state index contributed by atoms with van der Waals surface area (Å²) in [5, 5.41) is 8.28. The standard InChI is InChI=1S/C25H20N2O2/c1-15-8-11-21(16(2)14-15)27-25(28)24(17(3)26-27)23-13-10-20-19-7-5-4-6-18(19)9-12-22(20)29-23/h4-14H,1-3H3/b24-23+. The Morgan fingerprint density at radius 1 is 0.931 bits per heavy atom. The van der Waals surface area contributed by atoms with Crippen LogP contribution in [0.4, 0.5) is 5.69 Å². The van der Waals surface area contributed by atoms with Gasteiger partial charge in [0.05, 0.1) is 11.4 Å². The topological polar surface area (TPSA) is 41.9 Å². The van der Waals surface area contributed by atoms with E-state index in [4.69, 9.17) is 4.74 Å². The van der Waals surface area contributed by atoms with Crippen LogP contribution in [0.2, 0.25) is 0 Å². The van der Waals surface area contributed by atoms with Crippen molar-refractivity contribution in [2.45, 2.75) is 20.8 Å². The van der Waals surface area contributed by atoms with E-state index < -0.39 is 0 Å². The quantitative estimate of drug-likeness (QED) is 0.520. The van der Waals surface area contributed by atoms with Gasteiger partial charge < -0.3 is 4.74 Å². The first kappa shape index (κ1) is 17.4. The lowest BCUT2D eigenvalue weighted by atomic mass is 10.0. The average molecular weight is 380 g/mol. The number of rotatable bonds is 1. The zero-order chi connectivity index (χ0) is 20.1. The number of aryl methyl sites for hydroxylation is 2. The predicted octanol–water partition coefficient (Wildman–Crippen LogP) is 5.54. The number of amides is 1. The van der Waals surface area contributed by atoms with E-state index in [1.54, 1.807) is 0 Å². The maximum Gasteiger partial charge on any atom is 0.284 e. The van der Waals surface area contributed by atoms with Gasteiger partial charge >= 0.3 is 0 Å². The normalized spacial score (nSPS) is 18.1. The lowest BCUT2D eigenvalue weighted by Gasteiger charge is -2.19. The fourth-order valence-electron chi connectivity index (χ4n) is 3.98. The van der Waals surface area contributed by atoms with Gasteiger partial charge in [0.2, 0.25) is 0 Å². The molecule has 4 nitrogen and oxygen atoms in total. The predicted molar refractivity (Wildman–Crippen MR) is 117 cm³/mol. The SMILES string of the molecule is CC1=NN(c2ccc(C)cc2C)C(=O)/C1=C1\C=Cc2c(ccc3ccccc23)O1. The molecule has 0 N–H and O–H groups in total. The molecule has 2 aliphatic heterocycles. The summed E-state index contributed by atoms with van der Waals surface area (Å²) in [6.45, 7) is 5.87. The molecule has 5 rings (SSSR count). The van der Waals surface area contributed by atoms with Crippen molar-refractivity contribution in [2.75, 3.05) is 5.01 Å². The Labute approximate surface area is 169 Å². The maximum atomic E-state index is 13.2. The highest BCUT2D eigenvalue weighted by atomic mass is 16.5. The Morgan fingerprint density at radius 3 is 2.59 bits per heavy atom. The minimum atomic E-state index is -0.168. The lowest BCUT2D eigenvalue weighted by Crippen LogP contribution is -2.24. The van der Waals surface area contributed by atoms with Gasteiger partial charge in [-0.05, 0) is 61.4 Å². The maximum absolute atomic E-state index is 13.2. The van der Waals surface area contributed by atoms with Crippen LogP contribution in [0.3, 0.4) is 0 Å². The molecule has 0 atom stereocenters. The molecule has 0 aliphatic carbocycles. The van der Waals surface area contributed by atoms with E-state index in [-0.39, 0.29) is 5.91 Å². The van der Waals surface area contributed by atoms with E-state index in [0.29, 0.717) is 17.0 Å². The number of hydrogen-bond acceptors (Lipinski definition) is 3. The molecule has 0 saturated heterocycles. The third kappa shape index (κ3) is 2.76. The van der Waals surface area contributed by atoms with Crippen LogP contribution in [-0.2, 0) is 4.79 Å². The number of carbonyl (C=O) groups is 1. The summed E-state index contributed by atoms with van der Waals surface area (Å²) in [5.74, 6) is 1.11. The summed E-state index contributed by atoms with van der Waals surface area (Å²) in [4.78, 5) is 13.2. The monoisotopic (exact) mass is 380 g/mol. The van der Waals surface area contributed by atoms with Crippen LogP contribution in [0.15, 0.2) is 77.1 Å². The van der Waals surface area contributed by atoms with Gasteiger partial charge in [0.1, 0.15) is 17.1 Å². The molecule has 2 heterocycles. The van der Waals surface area contributed by atoms with Crippen LogP contribution in [0.25, 0.3) is 16.8 Å². The number of fused-ring (bicyclic) bond motifs is 3. The second-order valence-electron chi connectivity index (χ2n) is 7.47. The molecule has 1 amide bonds. The number of ether oxygens (including phenoxy) is 1.